The van der Waals surface area contributed by atoms with E-state index in [4.69, 9.17) is 11.0 Å². The van der Waals surface area contributed by atoms with Crippen LogP contribution >= 0.6 is 0 Å². The standard InChI is InChI=1S/C14H11F2N3O/c15-14(16)20-11-6-4-10(5-7-11)19-12-3-1-2-9(8-17)13(12)18/h1-7,14,19H,18H2. The molecule has 0 saturated carbocycles. The molecule has 0 aliphatic carbocycles. The first-order chi connectivity index (χ1) is 9.60. The minimum atomic E-state index is -2.85. The molecule has 0 aliphatic heterocycles. The topological polar surface area (TPSA) is 71.1 Å². The van der Waals surface area contributed by atoms with Gasteiger partial charge in [0.05, 0.1) is 16.9 Å². The molecule has 0 heterocycles. The summed E-state index contributed by atoms with van der Waals surface area (Å²) in [6.45, 7) is -2.85. The predicted molar refractivity (Wildman–Crippen MR) is 71.9 cm³/mol. The van der Waals surface area contributed by atoms with Gasteiger partial charge in [-0.25, -0.2) is 0 Å². The summed E-state index contributed by atoms with van der Waals surface area (Å²) in [5.74, 6) is 0.0734. The highest BCUT2D eigenvalue weighted by atomic mass is 19.3. The summed E-state index contributed by atoms with van der Waals surface area (Å²) < 4.78 is 28.3. The minimum absolute atomic E-state index is 0.0734. The second-order valence-electron chi connectivity index (χ2n) is 3.91. The largest absolute Gasteiger partial charge is 0.435 e. The molecule has 2 aromatic rings. The van der Waals surface area contributed by atoms with E-state index in [1.807, 2.05) is 6.07 Å². The number of nitrogens with one attached hydrogen (secondary N) is 1. The summed E-state index contributed by atoms with van der Waals surface area (Å²) in [5, 5.41) is 11.9. The van der Waals surface area contributed by atoms with Crippen LogP contribution < -0.4 is 15.8 Å². The Labute approximate surface area is 114 Å². The minimum Gasteiger partial charge on any atom is -0.435 e. The third-order valence-corrected chi connectivity index (χ3v) is 2.59. The van der Waals surface area contributed by atoms with E-state index < -0.39 is 6.61 Å². The quantitative estimate of drug-likeness (QED) is 0.838. The summed E-state index contributed by atoms with van der Waals surface area (Å²) in [5.41, 5.74) is 7.76. The van der Waals surface area contributed by atoms with Gasteiger partial charge in [0.2, 0.25) is 0 Å². The van der Waals surface area contributed by atoms with Gasteiger partial charge in [0.25, 0.3) is 0 Å². The first-order valence-electron chi connectivity index (χ1n) is 5.70. The number of anilines is 3. The molecule has 2 rings (SSSR count). The molecule has 3 N–H and O–H groups in total. The molecule has 0 aliphatic rings. The molecule has 102 valence electrons. The molecule has 0 unspecified atom stereocenters. The number of halogens is 2. The van der Waals surface area contributed by atoms with Crippen molar-refractivity contribution >= 4 is 17.1 Å². The van der Waals surface area contributed by atoms with E-state index in [2.05, 4.69) is 10.1 Å². The van der Waals surface area contributed by atoms with Gasteiger partial charge >= 0.3 is 6.61 Å². The second-order valence-corrected chi connectivity index (χ2v) is 3.91. The highest BCUT2D eigenvalue weighted by Crippen LogP contribution is 2.27. The van der Waals surface area contributed by atoms with Gasteiger partial charge in [-0.15, -0.1) is 0 Å². The molecule has 0 aromatic heterocycles. The molecule has 0 amide bonds. The van der Waals surface area contributed by atoms with Crippen LogP contribution in [0.15, 0.2) is 42.5 Å². The lowest BCUT2D eigenvalue weighted by atomic mass is 10.1. The highest BCUT2D eigenvalue weighted by molar-refractivity contribution is 5.77. The van der Waals surface area contributed by atoms with Crippen molar-refractivity contribution in [2.45, 2.75) is 6.61 Å². The summed E-state index contributed by atoms with van der Waals surface area (Å²) in [6.07, 6.45) is 0. The second kappa shape index (κ2) is 5.89. The molecule has 0 radical (unpaired) electrons. The Morgan fingerprint density at radius 1 is 1.15 bits per heavy atom. The number of nitrogens with zero attached hydrogens (tertiary/aromatic N) is 1. The van der Waals surface area contributed by atoms with Gasteiger partial charge in [0.15, 0.2) is 0 Å². The molecule has 0 saturated heterocycles. The lowest BCUT2D eigenvalue weighted by Crippen LogP contribution is -2.02. The van der Waals surface area contributed by atoms with Crippen LogP contribution in [-0.2, 0) is 0 Å². The predicted octanol–water partition coefficient (Wildman–Crippen LogP) is 3.49. The van der Waals surface area contributed by atoms with Gasteiger partial charge < -0.3 is 15.8 Å². The third kappa shape index (κ3) is 3.14. The van der Waals surface area contributed by atoms with Crippen LogP contribution in [-0.4, -0.2) is 6.61 Å². The maximum Gasteiger partial charge on any atom is 0.387 e. The van der Waals surface area contributed by atoms with Gasteiger partial charge in [-0.2, -0.15) is 14.0 Å². The first-order valence-corrected chi connectivity index (χ1v) is 5.70. The highest BCUT2D eigenvalue weighted by Gasteiger charge is 2.06. The number of alkyl halides is 2. The average molecular weight is 275 g/mol. The van der Waals surface area contributed by atoms with Gasteiger partial charge in [-0.05, 0) is 36.4 Å². The van der Waals surface area contributed by atoms with Crippen LogP contribution in [0.2, 0.25) is 0 Å². The van der Waals surface area contributed by atoms with E-state index in [1.165, 1.54) is 12.1 Å². The molecule has 0 bridgehead atoms. The fourth-order valence-corrected chi connectivity index (χ4v) is 1.65. The van der Waals surface area contributed by atoms with E-state index in [1.54, 1.807) is 30.3 Å². The summed E-state index contributed by atoms with van der Waals surface area (Å²) in [4.78, 5) is 0. The van der Waals surface area contributed by atoms with Crippen molar-refractivity contribution in [1.82, 2.24) is 0 Å². The Morgan fingerprint density at radius 3 is 2.45 bits per heavy atom. The van der Waals surface area contributed by atoms with Crippen molar-refractivity contribution in [1.29, 1.82) is 5.26 Å². The molecule has 0 spiro atoms. The van der Waals surface area contributed by atoms with Crippen LogP contribution in [0.3, 0.4) is 0 Å². The van der Waals surface area contributed by atoms with Gasteiger partial charge in [-0.3, -0.25) is 0 Å². The SMILES string of the molecule is N#Cc1cccc(Nc2ccc(OC(F)F)cc2)c1N. The monoisotopic (exact) mass is 275 g/mol. The van der Waals surface area contributed by atoms with Crippen molar-refractivity contribution in [3.8, 4) is 11.8 Å². The van der Waals surface area contributed by atoms with Gasteiger partial charge in [-0.1, -0.05) is 6.07 Å². The Bertz CT molecular complexity index is 636. The Balaban J connectivity index is 2.17. The summed E-state index contributed by atoms with van der Waals surface area (Å²) >= 11 is 0. The van der Waals surface area contributed by atoms with Crippen LogP contribution in [0.25, 0.3) is 0 Å². The van der Waals surface area contributed by atoms with Crippen molar-refractivity contribution in [3.63, 3.8) is 0 Å². The molecule has 6 heteroatoms. The molecular weight excluding hydrogens is 264 g/mol. The molecule has 20 heavy (non-hydrogen) atoms. The maximum atomic E-state index is 12.0. The van der Waals surface area contributed by atoms with E-state index in [0.29, 0.717) is 22.6 Å². The van der Waals surface area contributed by atoms with Gasteiger partial charge in [0.1, 0.15) is 11.8 Å². The number of nitrogens with two attached hydrogens (primary N) is 1. The lowest BCUT2D eigenvalue weighted by molar-refractivity contribution is -0.0498. The lowest BCUT2D eigenvalue weighted by Gasteiger charge is -2.11. The number of ether oxygens (including phenoxy) is 1. The average Bonchev–Trinajstić information content (AvgIpc) is 2.43. The zero-order valence-electron chi connectivity index (χ0n) is 10.3. The van der Waals surface area contributed by atoms with E-state index in [9.17, 15) is 8.78 Å². The number of nitrogen functional groups attached to an aromatic ring is 1. The van der Waals surface area contributed by atoms with E-state index >= 15 is 0 Å². The smallest absolute Gasteiger partial charge is 0.387 e. The zero-order valence-corrected chi connectivity index (χ0v) is 10.3. The van der Waals surface area contributed by atoms with Crippen LogP contribution in [0.1, 0.15) is 5.56 Å². The van der Waals surface area contributed by atoms with Gasteiger partial charge in [0, 0.05) is 5.69 Å². The first kappa shape index (κ1) is 13.6. The maximum absolute atomic E-state index is 12.0. The van der Waals surface area contributed by atoms with Crippen LogP contribution in [0, 0.1) is 11.3 Å². The number of benzene rings is 2. The number of rotatable bonds is 4. The van der Waals surface area contributed by atoms with Crippen LogP contribution in [0.4, 0.5) is 25.8 Å². The van der Waals surface area contributed by atoms with Crippen LogP contribution in [0.5, 0.6) is 5.75 Å². The Morgan fingerprint density at radius 2 is 1.85 bits per heavy atom. The summed E-state index contributed by atoms with van der Waals surface area (Å²) in [6, 6.07) is 13.0. The summed E-state index contributed by atoms with van der Waals surface area (Å²) in [7, 11) is 0. The van der Waals surface area contributed by atoms with Crippen molar-refractivity contribution < 1.29 is 13.5 Å². The molecule has 0 atom stereocenters. The number of nitriles is 1. The van der Waals surface area contributed by atoms with E-state index in [0.717, 1.165) is 0 Å². The molecular formula is C14H11F2N3O. The Hall–Kier alpha value is -2.81. The third-order valence-electron chi connectivity index (χ3n) is 2.59. The Kier molecular flexibility index (Phi) is 4.01. The number of para-hydroxylation sites is 1. The number of hydrogen-bond acceptors (Lipinski definition) is 4. The number of hydrogen-bond donors (Lipinski definition) is 2. The van der Waals surface area contributed by atoms with Crippen molar-refractivity contribution in [2.75, 3.05) is 11.1 Å². The fourth-order valence-electron chi connectivity index (χ4n) is 1.65. The molecule has 2 aromatic carbocycles. The molecule has 0 fully saturated rings. The fraction of sp³-hybridized carbons (Fsp3) is 0.0714. The van der Waals surface area contributed by atoms with Crippen molar-refractivity contribution in [2.24, 2.45) is 0 Å². The zero-order chi connectivity index (χ0) is 14.5. The van der Waals surface area contributed by atoms with Crippen molar-refractivity contribution in [3.05, 3.63) is 48.0 Å². The van der Waals surface area contributed by atoms with E-state index in [-0.39, 0.29) is 5.75 Å². The normalized spacial score (nSPS) is 10.1. The molecule has 4 nitrogen and oxygen atoms in total.